The van der Waals surface area contributed by atoms with Gasteiger partial charge in [-0.1, -0.05) is 34.1 Å². The number of hydrogen-bond donors (Lipinski definition) is 1. The second-order valence-corrected chi connectivity index (χ2v) is 7.43. The van der Waals surface area contributed by atoms with Crippen molar-refractivity contribution in [2.75, 3.05) is 11.9 Å². The molecule has 0 saturated carbocycles. The molecule has 0 aliphatic heterocycles. The zero-order valence-corrected chi connectivity index (χ0v) is 17.7. The van der Waals surface area contributed by atoms with Crippen LogP contribution in [0.25, 0.3) is 0 Å². The molecule has 1 N–H and O–H groups in total. The molecule has 0 saturated heterocycles. The third-order valence-corrected chi connectivity index (χ3v) is 4.64. The van der Waals surface area contributed by atoms with E-state index in [0.29, 0.717) is 17.1 Å². The second-order valence-electron chi connectivity index (χ2n) is 6.52. The number of halogens is 1. The lowest BCUT2D eigenvalue weighted by Crippen LogP contribution is -2.18. The number of carbonyl (C=O) groups excluding carboxylic acids is 2. The highest BCUT2D eigenvalue weighted by atomic mass is 79.9. The maximum Gasteiger partial charge on any atom is 0.349 e. The highest BCUT2D eigenvalue weighted by Gasteiger charge is 2.10. The number of ether oxygens (including phenoxy) is 2. The zero-order valence-electron chi connectivity index (χ0n) is 16.1. The lowest BCUT2D eigenvalue weighted by atomic mass is 10.1. The molecular formula is C23H20BrNO4. The predicted molar refractivity (Wildman–Crippen MR) is 116 cm³/mol. The number of rotatable bonds is 6. The van der Waals surface area contributed by atoms with Crippen LogP contribution in [0.2, 0.25) is 0 Å². The van der Waals surface area contributed by atoms with Crippen molar-refractivity contribution in [2.45, 2.75) is 13.8 Å². The summed E-state index contributed by atoms with van der Waals surface area (Å²) in [7, 11) is 0. The van der Waals surface area contributed by atoms with Gasteiger partial charge in [-0.15, -0.1) is 0 Å². The minimum atomic E-state index is -0.530. The predicted octanol–water partition coefficient (Wildman–Crippen LogP) is 5.30. The maximum atomic E-state index is 12.5. The molecule has 0 aromatic heterocycles. The average molecular weight is 454 g/mol. The number of amides is 1. The van der Waals surface area contributed by atoms with Crippen LogP contribution in [0.3, 0.4) is 0 Å². The van der Waals surface area contributed by atoms with E-state index in [9.17, 15) is 9.59 Å². The molecule has 5 nitrogen and oxygen atoms in total. The first-order valence-corrected chi connectivity index (χ1v) is 9.78. The van der Waals surface area contributed by atoms with Gasteiger partial charge < -0.3 is 14.8 Å². The van der Waals surface area contributed by atoms with E-state index in [2.05, 4.69) is 21.2 Å². The van der Waals surface area contributed by atoms with Crippen LogP contribution >= 0.6 is 15.9 Å². The second kappa shape index (κ2) is 9.39. The van der Waals surface area contributed by atoms with E-state index in [-0.39, 0.29) is 12.5 Å². The Morgan fingerprint density at radius 2 is 1.69 bits per heavy atom. The van der Waals surface area contributed by atoms with Crippen LogP contribution < -0.4 is 14.8 Å². The van der Waals surface area contributed by atoms with Crippen LogP contribution in [0.4, 0.5) is 5.69 Å². The molecule has 6 heteroatoms. The fraction of sp³-hybridized carbons (Fsp3) is 0.130. The molecule has 3 rings (SSSR count). The Morgan fingerprint density at radius 3 is 2.41 bits per heavy atom. The van der Waals surface area contributed by atoms with E-state index in [1.54, 1.807) is 36.4 Å². The van der Waals surface area contributed by atoms with Gasteiger partial charge in [0.25, 0.3) is 5.91 Å². The molecule has 0 aliphatic carbocycles. The minimum Gasteiger partial charge on any atom is -0.482 e. The molecule has 0 radical (unpaired) electrons. The van der Waals surface area contributed by atoms with Crippen molar-refractivity contribution < 1.29 is 19.1 Å². The molecule has 0 atom stereocenters. The molecule has 0 aliphatic rings. The number of benzene rings is 3. The van der Waals surface area contributed by atoms with Gasteiger partial charge in [0.1, 0.15) is 11.5 Å². The van der Waals surface area contributed by atoms with E-state index in [4.69, 9.17) is 9.47 Å². The Morgan fingerprint density at radius 1 is 0.931 bits per heavy atom. The van der Waals surface area contributed by atoms with E-state index < -0.39 is 5.97 Å². The van der Waals surface area contributed by atoms with E-state index in [1.807, 2.05) is 44.2 Å². The van der Waals surface area contributed by atoms with E-state index in [0.717, 1.165) is 21.3 Å². The molecule has 1 amide bonds. The smallest absolute Gasteiger partial charge is 0.349 e. The topological polar surface area (TPSA) is 64.6 Å². The first kappa shape index (κ1) is 20.6. The van der Waals surface area contributed by atoms with Gasteiger partial charge in [-0.3, -0.25) is 4.79 Å². The van der Waals surface area contributed by atoms with Crippen molar-refractivity contribution in [3.63, 3.8) is 0 Å². The molecule has 0 unspecified atom stereocenters. The number of carbonyl (C=O) groups is 2. The van der Waals surface area contributed by atoms with Crippen LogP contribution in [0, 0.1) is 13.8 Å². The van der Waals surface area contributed by atoms with Crippen molar-refractivity contribution in [2.24, 2.45) is 0 Å². The molecule has 0 spiro atoms. The van der Waals surface area contributed by atoms with Crippen LogP contribution in [0.5, 0.6) is 11.5 Å². The fourth-order valence-electron chi connectivity index (χ4n) is 2.60. The molecular weight excluding hydrogens is 434 g/mol. The molecule has 148 valence electrons. The van der Waals surface area contributed by atoms with Gasteiger partial charge in [-0.2, -0.15) is 0 Å². The summed E-state index contributed by atoms with van der Waals surface area (Å²) in [5.41, 5.74) is 3.30. The van der Waals surface area contributed by atoms with Crippen molar-refractivity contribution >= 4 is 33.5 Å². The SMILES string of the molecule is Cc1ccc(C)c(NC(=O)c2ccc(OC(=O)COc3cccc(Br)c3)cc2)c1. The molecule has 0 fully saturated rings. The summed E-state index contributed by atoms with van der Waals surface area (Å²) in [6, 6.07) is 19.4. The van der Waals surface area contributed by atoms with Gasteiger partial charge in [-0.05, 0) is 73.5 Å². The number of anilines is 1. The van der Waals surface area contributed by atoms with Crippen molar-refractivity contribution in [1.29, 1.82) is 0 Å². The quantitative estimate of drug-likeness (QED) is 0.406. The summed E-state index contributed by atoms with van der Waals surface area (Å²) in [6.07, 6.45) is 0. The first-order chi connectivity index (χ1) is 13.9. The maximum absolute atomic E-state index is 12.5. The van der Waals surface area contributed by atoms with Crippen molar-refractivity contribution in [3.05, 3.63) is 87.9 Å². The molecule has 0 bridgehead atoms. The summed E-state index contributed by atoms with van der Waals surface area (Å²) in [4.78, 5) is 24.4. The molecule has 29 heavy (non-hydrogen) atoms. The summed E-state index contributed by atoms with van der Waals surface area (Å²) < 4.78 is 11.5. The Balaban J connectivity index is 1.56. The minimum absolute atomic E-state index is 0.217. The number of nitrogens with one attached hydrogen (secondary N) is 1. The van der Waals surface area contributed by atoms with Crippen LogP contribution in [0.1, 0.15) is 21.5 Å². The highest BCUT2D eigenvalue weighted by Crippen LogP contribution is 2.20. The zero-order chi connectivity index (χ0) is 20.8. The standard InChI is InChI=1S/C23H20BrNO4/c1-15-6-7-16(2)21(12-15)25-23(27)17-8-10-19(11-9-17)29-22(26)14-28-20-5-3-4-18(24)13-20/h3-13H,14H2,1-2H3,(H,25,27). The third-order valence-electron chi connectivity index (χ3n) is 4.14. The monoisotopic (exact) mass is 453 g/mol. The fourth-order valence-corrected chi connectivity index (χ4v) is 2.98. The summed E-state index contributed by atoms with van der Waals surface area (Å²) in [5, 5.41) is 2.90. The van der Waals surface area contributed by atoms with E-state index >= 15 is 0 Å². The van der Waals surface area contributed by atoms with Crippen molar-refractivity contribution in [3.8, 4) is 11.5 Å². The van der Waals surface area contributed by atoms with Gasteiger partial charge in [0, 0.05) is 15.7 Å². The first-order valence-electron chi connectivity index (χ1n) is 8.98. The van der Waals surface area contributed by atoms with Crippen LogP contribution in [-0.4, -0.2) is 18.5 Å². The number of hydrogen-bond acceptors (Lipinski definition) is 4. The summed E-state index contributed by atoms with van der Waals surface area (Å²) >= 11 is 3.34. The third kappa shape index (κ3) is 5.93. The molecule has 3 aromatic carbocycles. The Kier molecular flexibility index (Phi) is 6.67. The molecule has 0 heterocycles. The lowest BCUT2D eigenvalue weighted by molar-refractivity contribution is -0.136. The Hall–Kier alpha value is -3.12. The normalized spacial score (nSPS) is 10.3. The highest BCUT2D eigenvalue weighted by molar-refractivity contribution is 9.10. The Labute approximate surface area is 177 Å². The van der Waals surface area contributed by atoms with Gasteiger partial charge >= 0.3 is 5.97 Å². The number of aryl methyl sites for hydroxylation is 2. The van der Waals surface area contributed by atoms with Gasteiger partial charge in [0.2, 0.25) is 0 Å². The van der Waals surface area contributed by atoms with Gasteiger partial charge in [0.05, 0.1) is 0 Å². The van der Waals surface area contributed by atoms with E-state index in [1.165, 1.54) is 0 Å². The number of esters is 1. The van der Waals surface area contributed by atoms with Gasteiger partial charge in [0.15, 0.2) is 6.61 Å². The average Bonchev–Trinajstić information content (AvgIpc) is 2.70. The lowest BCUT2D eigenvalue weighted by Gasteiger charge is -2.10. The Bertz CT molecular complexity index is 1030. The summed E-state index contributed by atoms with van der Waals surface area (Å²) in [5.74, 6) is 0.151. The van der Waals surface area contributed by atoms with Gasteiger partial charge in [-0.25, -0.2) is 4.79 Å². The van der Waals surface area contributed by atoms with Crippen LogP contribution in [0.15, 0.2) is 71.2 Å². The largest absolute Gasteiger partial charge is 0.482 e. The molecule has 3 aromatic rings. The van der Waals surface area contributed by atoms with Crippen LogP contribution in [-0.2, 0) is 4.79 Å². The van der Waals surface area contributed by atoms with Crippen molar-refractivity contribution in [1.82, 2.24) is 0 Å². The summed E-state index contributed by atoms with van der Waals surface area (Å²) in [6.45, 7) is 3.69.